The van der Waals surface area contributed by atoms with Crippen molar-refractivity contribution in [2.75, 3.05) is 45.6 Å². The molecule has 230 valence electrons. The van der Waals surface area contributed by atoms with E-state index in [1.807, 2.05) is 44.3 Å². The number of aromatic nitrogens is 2. The highest BCUT2D eigenvalue weighted by molar-refractivity contribution is 5.82. The van der Waals surface area contributed by atoms with Crippen LogP contribution < -0.4 is 9.64 Å². The monoisotopic (exact) mass is 587 g/mol. The van der Waals surface area contributed by atoms with E-state index < -0.39 is 0 Å². The van der Waals surface area contributed by atoms with Crippen molar-refractivity contribution in [1.82, 2.24) is 9.97 Å². The molecular formula is C36H46FN3O3. The lowest BCUT2D eigenvalue weighted by molar-refractivity contribution is -0.0250. The molecule has 6 rings (SSSR count). The summed E-state index contributed by atoms with van der Waals surface area (Å²) in [5, 5.41) is 0. The third kappa shape index (κ3) is 9.22. The zero-order valence-electron chi connectivity index (χ0n) is 26.2. The lowest BCUT2D eigenvalue weighted by Crippen LogP contribution is -2.27. The first kappa shape index (κ1) is 32.4. The van der Waals surface area contributed by atoms with Crippen LogP contribution in [0.3, 0.4) is 0 Å². The van der Waals surface area contributed by atoms with E-state index in [0.29, 0.717) is 12.7 Å². The fourth-order valence-electron chi connectivity index (χ4n) is 5.51. The Labute approximate surface area is 256 Å². The van der Waals surface area contributed by atoms with Crippen LogP contribution in [0.5, 0.6) is 5.75 Å². The van der Waals surface area contributed by atoms with Gasteiger partial charge in [-0.15, -0.1) is 0 Å². The maximum atomic E-state index is 14.8. The van der Waals surface area contributed by atoms with Gasteiger partial charge in [-0.05, 0) is 111 Å². The molecule has 3 aliphatic rings. The van der Waals surface area contributed by atoms with Crippen molar-refractivity contribution < 1.29 is 18.6 Å². The number of benzene rings is 1. The van der Waals surface area contributed by atoms with Crippen molar-refractivity contribution in [1.29, 1.82) is 0 Å². The van der Waals surface area contributed by atoms with E-state index in [1.165, 1.54) is 41.5 Å². The molecule has 0 spiro atoms. The molecule has 0 atom stereocenters. The Morgan fingerprint density at radius 1 is 1.00 bits per heavy atom. The number of aryl methyl sites for hydroxylation is 1. The largest absolute Gasteiger partial charge is 0.495 e. The third-order valence-electron chi connectivity index (χ3n) is 8.10. The molecule has 0 N–H and O–H groups in total. The van der Waals surface area contributed by atoms with Gasteiger partial charge in [-0.25, -0.2) is 4.39 Å². The van der Waals surface area contributed by atoms with Gasteiger partial charge < -0.3 is 19.1 Å². The van der Waals surface area contributed by atoms with Gasteiger partial charge in [0.25, 0.3) is 0 Å². The number of halogens is 1. The predicted molar refractivity (Wildman–Crippen MR) is 172 cm³/mol. The fraction of sp³-hybridized carbons (Fsp3) is 0.444. The Kier molecular flexibility index (Phi) is 12.7. The third-order valence-corrected chi connectivity index (χ3v) is 8.10. The molecule has 0 radical (unpaired) electrons. The molecule has 3 heterocycles. The number of pyridine rings is 2. The fourth-order valence-corrected chi connectivity index (χ4v) is 5.51. The highest BCUT2D eigenvalue weighted by Gasteiger charge is 2.23. The topological polar surface area (TPSA) is 56.7 Å². The maximum absolute atomic E-state index is 14.8. The van der Waals surface area contributed by atoms with Gasteiger partial charge in [-0.1, -0.05) is 30.7 Å². The summed E-state index contributed by atoms with van der Waals surface area (Å²) < 4.78 is 29.0. The Morgan fingerprint density at radius 3 is 2.51 bits per heavy atom. The molecule has 43 heavy (non-hydrogen) atoms. The molecular weight excluding hydrogens is 541 g/mol. The molecule has 2 aromatic heterocycles. The van der Waals surface area contributed by atoms with Crippen molar-refractivity contribution in [2.45, 2.75) is 64.7 Å². The van der Waals surface area contributed by atoms with Gasteiger partial charge in [-0.2, -0.15) is 0 Å². The number of ether oxygens (including phenoxy) is 3. The number of allylic oxidation sites excluding steroid dienone is 3. The van der Waals surface area contributed by atoms with Crippen LogP contribution in [0.25, 0.3) is 5.57 Å². The number of anilines is 1. The minimum absolute atomic E-state index is 0.0502. The molecule has 0 saturated heterocycles. The Morgan fingerprint density at radius 2 is 1.86 bits per heavy atom. The van der Waals surface area contributed by atoms with Crippen LogP contribution >= 0.6 is 0 Å². The molecule has 1 aromatic carbocycles. The summed E-state index contributed by atoms with van der Waals surface area (Å²) in [7, 11) is 3.24. The molecule has 1 aliphatic heterocycles. The first-order valence-electron chi connectivity index (χ1n) is 15.5. The average molecular weight is 588 g/mol. The second-order valence-electron chi connectivity index (χ2n) is 11.0. The SMILES string of the molecule is CCOCOC.COc1ccc(C)nc1.Fc1cc(C2CCC2)ccc1N1CC/C=C(/C2=CCc3cccnc32)CCC1. The number of fused-ring (bicyclic) bond motifs is 1. The molecule has 3 aromatic rings. The van der Waals surface area contributed by atoms with E-state index >= 15 is 0 Å². The van der Waals surface area contributed by atoms with Gasteiger partial charge in [0, 0.05) is 38.7 Å². The number of nitrogens with zero attached hydrogens (tertiary/aromatic N) is 3. The summed E-state index contributed by atoms with van der Waals surface area (Å²) in [4.78, 5) is 10.9. The normalized spacial score (nSPS) is 17.4. The van der Waals surface area contributed by atoms with Crippen LogP contribution in [0.4, 0.5) is 10.1 Å². The van der Waals surface area contributed by atoms with Crippen molar-refractivity contribution in [3.63, 3.8) is 0 Å². The maximum Gasteiger partial charge on any atom is 0.146 e. The van der Waals surface area contributed by atoms with Gasteiger partial charge >= 0.3 is 0 Å². The summed E-state index contributed by atoms with van der Waals surface area (Å²) in [6, 6.07) is 13.9. The van der Waals surface area contributed by atoms with Crippen LogP contribution in [-0.2, 0) is 15.9 Å². The minimum atomic E-state index is -0.0502. The Bertz CT molecular complexity index is 1350. The van der Waals surface area contributed by atoms with Gasteiger partial charge in [0.1, 0.15) is 18.4 Å². The van der Waals surface area contributed by atoms with E-state index in [0.717, 1.165) is 68.2 Å². The second-order valence-corrected chi connectivity index (χ2v) is 11.0. The van der Waals surface area contributed by atoms with Gasteiger partial charge in [-0.3, -0.25) is 9.97 Å². The summed E-state index contributed by atoms with van der Waals surface area (Å²) in [5.41, 5.74) is 8.18. The van der Waals surface area contributed by atoms with Gasteiger partial charge in [0.2, 0.25) is 0 Å². The summed E-state index contributed by atoms with van der Waals surface area (Å²) in [6.45, 7) is 6.79. The number of hydrogen-bond acceptors (Lipinski definition) is 6. The lowest BCUT2D eigenvalue weighted by Gasteiger charge is -2.29. The minimum Gasteiger partial charge on any atom is -0.495 e. The summed E-state index contributed by atoms with van der Waals surface area (Å²) in [6.07, 6.45) is 16.0. The summed E-state index contributed by atoms with van der Waals surface area (Å²) in [5.74, 6) is 1.34. The molecule has 2 aliphatic carbocycles. The van der Waals surface area contributed by atoms with Crippen molar-refractivity contribution >= 4 is 11.3 Å². The van der Waals surface area contributed by atoms with Crippen molar-refractivity contribution in [2.24, 2.45) is 0 Å². The molecule has 0 unspecified atom stereocenters. The average Bonchev–Trinajstić information content (AvgIpc) is 3.41. The van der Waals surface area contributed by atoms with Crippen LogP contribution in [-0.4, -0.2) is 50.7 Å². The van der Waals surface area contributed by atoms with Gasteiger partial charge in [0.15, 0.2) is 0 Å². The number of hydrogen-bond donors (Lipinski definition) is 0. The van der Waals surface area contributed by atoms with Crippen LogP contribution in [0.1, 0.15) is 73.9 Å². The Balaban J connectivity index is 0.000000233. The van der Waals surface area contributed by atoms with Gasteiger partial charge in [0.05, 0.1) is 24.7 Å². The van der Waals surface area contributed by atoms with E-state index in [1.54, 1.807) is 26.5 Å². The Hall–Kier alpha value is -3.55. The van der Waals surface area contributed by atoms with E-state index in [9.17, 15) is 4.39 Å². The molecule has 0 bridgehead atoms. The smallest absolute Gasteiger partial charge is 0.146 e. The highest BCUT2D eigenvalue weighted by Crippen LogP contribution is 2.38. The number of methoxy groups -OCH3 is 2. The molecule has 1 fully saturated rings. The quantitative estimate of drug-likeness (QED) is 0.206. The number of rotatable bonds is 7. The van der Waals surface area contributed by atoms with Crippen LogP contribution in [0, 0.1) is 12.7 Å². The second kappa shape index (κ2) is 16.9. The van der Waals surface area contributed by atoms with E-state index in [2.05, 4.69) is 43.9 Å². The molecule has 0 amide bonds. The van der Waals surface area contributed by atoms with Crippen LogP contribution in [0.2, 0.25) is 0 Å². The lowest BCUT2D eigenvalue weighted by atomic mass is 9.80. The van der Waals surface area contributed by atoms with E-state index in [-0.39, 0.29) is 5.82 Å². The predicted octanol–water partition coefficient (Wildman–Crippen LogP) is 8.07. The first-order valence-corrected chi connectivity index (χ1v) is 15.5. The highest BCUT2D eigenvalue weighted by atomic mass is 19.1. The zero-order valence-corrected chi connectivity index (χ0v) is 26.2. The van der Waals surface area contributed by atoms with Crippen LogP contribution in [0.15, 0.2) is 72.6 Å². The summed E-state index contributed by atoms with van der Waals surface area (Å²) >= 11 is 0. The first-order chi connectivity index (χ1) is 21.0. The van der Waals surface area contributed by atoms with Crippen molar-refractivity contribution in [3.8, 4) is 5.75 Å². The molecule has 6 nitrogen and oxygen atoms in total. The molecule has 1 saturated carbocycles. The molecule has 7 heteroatoms. The zero-order chi connectivity index (χ0) is 30.4. The van der Waals surface area contributed by atoms with E-state index in [4.69, 9.17) is 9.47 Å². The van der Waals surface area contributed by atoms with Crippen molar-refractivity contribution in [3.05, 3.63) is 101 Å². The standard InChI is InChI=1S/C25H27FN2.C7H9NO.C4H10O2/c26-23-17-21(18-5-1-6-18)11-13-24(23)28-15-3-8-19(9-4-16-28)22-12-10-20-7-2-14-27-25(20)22;1-6-3-4-7(9-2)5-8-6;1-3-6-4-5-2/h2,7-8,11-14,17-18H,1,3-6,9-10,15-16H2;3-5H,1-2H3;3-4H2,1-2H3/b19-8+;;.